The molecule has 0 saturated carbocycles. The van der Waals surface area contributed by atoms with Crippen molar-refractivity contribution in [3.8, 4) is 5.75 Å². The summed E-state index contributed by atoms with van der Waals surface area (Å²) < 4.78 is 28.5. The van der Waals surface area contributed by atoms with Gasteiger partial charge in [0, 0.05) is 11.8 Å². The number of halogens is 1. The highest BCUT2D eigenvalue weighted by Crippen LogP contribution is 2.49. The smallest absolute Gasteiger partial charge is 0.380 e. The van der Waals surface area contributed by atoms with E-state index in [0.29, 0.717) is 19.0 Å². The molecule has 16 heavy (non-hydrogen) atoms. The van der Waals surface area contributed by atoms with Gasteiger partial charge in [-0.25, -0.2) is 4.98 Å². The van der Waals surface area contributed by atoms with E-state index in [1.165, 1.54) is 18.3 Å². The van der Waals surface area contributed by atoms with E-state index >= 15 is 0 Å². The van der Waals surface area contributed by atoms with Crippen LogP contribution in [0.1, 0.15) is 13.8 Å². The zero-order valence-corrected chi connectivity index (χ0v) is 10.8. The van der Waals surface area contributed by atoms with Gasteiger partial charge < -0.3 is 4.52 Å². The summed E-state index contributed by atoms with van der Waals surface area (Å²) in [5.41, 5.74) is 0. The molecular formula is C9H13FNO3PS. The van der Waals surface area contributed by atoms with E-state index in [1.807, 2.05) is 0 Å². The van der Waals surface area contributed by atoms with Crippen LogP contribution in [-0.2, 0) is 20.9 Å². The molecule has 0 bridgehead atoms. The molecule has 0 spiro atoms. The van der Waals surface area contributed by atoms with Crippen LogP contribution < -0.4 is 4.52 Å². The van der Waals surface area contributed by atoms with Crippen molar-refractivity contribution < 1.29 is 18.0 Å². The Morgan fingerprint density at radius 2 is 1.94 bits per heavy atom. The minimum absolute atomic E-state index is 0.339. The second kappa shape index (κ2) is 6.25. The van der Waals surface area contributed by atoms with Crippen molar-refractivity contribution in [3.05, 3.63) is 24.3 Å². The molecule has 0 radical (unpaired) electrons. The van der Waals surface area contributed by atoms with E-state index in [2.05, 4.69) is 4.98 Å². The molecule has 0 aromatic carbocycles. The molecule has 7 heteroatoms. The van der Waals surface area contributed by atoms with Crippen LogP contribution >= 0.6 is 6.72 Å². The fourth-order valence-electron chi connectivity index (χ4n) is 0.952. The van der Waals surface area contributed by atoms with Gasteiger partial charge >= 0.3 is 6.72 Å². The van der Waals surface area contributed by atoms with Gasteiger partial charge in [0.15, 0.2) is 0 Å². The maximum atomic E-state index is 12.6. The predicted octanol–water partition coefficient (Wildman–Crippen LogP) is 2.90. The number of hydrogen-bond acceptors (Lipinski definition) is 5. The van der Waals surface area contributed by atoms with Crippen molar-refractivity contribution in [2.24, 2.45) is 0 Å². The summed E-state index contributed by atoms with van der Waals surface area (Å²) in [7, 11) is 0. The number of pyridine rings is 1. The summed E-state index contributed by atoms with van der Waals surface area (Å²) in [5, 5.41) is 0. The normalized spacial score (nSPS) is 11.4. The van der Waals surface area contributed by atoms with Crippen LogP contribution in [0.5, 0.6) is 5.75 Å². The van der Waals surface area contributed by atoms with Crippen molar-refractivity contribution in [2.75, 3.05) is 13.2 Å². The lowest BCUT2D eigenvalue weighted by atomic mass is 10.5. The molecule has 90 valence electrons. The molecule has 0 aliphatic rings. The topological polar surface area (TPSA) is 40.6 Å². The zero-order valence-electron chi connectivity index (χ0n) is 9.05. The summed E-state index contributed by atoms with van der Waals surface area (Å²) in [5.74, 6) is -0.236. The number of aromatic nitrogens is 1. The Morgan fingerprint density at radius 1 is 1.31 bits per heavy atom. The minimum Gasteiger partial charge on any atom is -0.422 e. The largest absolute Gasteiger partial charge is 0.422 e. The lowest BCUT2D eigenvalue weighted by Crippen LogP contribution is -2.02. The molecular weight excluding hydrogens is 252 g/mol. The van der Waals surface area contributed by atoms with E-state index in [4.69, 9.17) is 25.4 Å². The third-order valence-corrected chi connectivity index (χ3v) is 3.93. The maximum Gasteiger partial charge on any atom is 0.380 e. The van der Waals surface area contributed by atoms with Crippen LogP contribution in [0.3, 0.4) is 0 Å². The van der Waals surface area contributed by atoms with Crippen molar-refractivity contribution in [3.63, 3.8) is 0 Å². The maximum absolute atomic E-state index is 12.6. The molecule has 1 aromatic heterocycles. The summed E-state index contributed by atoms with van der Waals surface area (Å²) in [6, 6.07) is 2.62. The minimum atomic E-state index is -2.79. The highest BCUT2D eigenvalue weighted by atomic mass is 32.5. The standard InChI is InChI=1S/C9H13FNO3PS/c1-3-12-15(16,13-4-2)14-8-5-6-9(10)11-7-8/h5-7H,3-4H2,1-2H3. The summed E-state index contributed by atoms with van der Waals surface area (Å²) >= 11 is 5.14. The van der Waals surface area contributed by atoms with E-state index in [9.17, 15) is 4.39 Å². The Hall–Kier alpha value is -0.550. The van der Waals surface area contributed by atoms with Gasteiger partial charge in [0.05, 0.1) is 19.4 Å². The Balaban J connectivity index is 2.75. The quantitative estimate of drug-likeness (QED) is 0.584. The summed E-state index contributed by atoms with van der Waals surface area (Å²) in [6.45, 7) is 1.60. The first-order chi connectivity index (χ1) is 7.59. The van der Waals surface area contributed by atoms with Crippen LogP contribution in [0.2, 0.25) is 0 Å². The van der Waals surface area contributed by atoms with Gasteiger partial charge in [0.2, 0.25) is 5.95 Å². The van der Waals surface area contributed by atoms with Gasteiger partial charge in [0.25, 0.3) is 0 Å². The van der Waals surface area contributed by atoms with Gasteiger partial charge in [0.1, 0.15) is 5.75 Å². The predicted molar refractivity (Wildman–Crippen MR) is 62.4 cm³/mol. The van der Waals surface area contributed by atoms with E-state index < -0.39 is 12.7 Å². The fraction of sp³-hybridized carbons (Fsp3) is 0.444. The number of rotatable bonds is 6. The second-order valence-corrected chi connectivity index (χ2v) is 5.63. The van der Waals surface area contributed by atoms with E-state index in [1.54, 1.807) is 13.8 Å². The SMILES string of the molecule is CCOP(=S)(OCC)Oc1ccc(F)nc1. The van der Waals surface area contributed by atoms with Crippen LogP contribution in [0.4, 0.5) is 4.39 Å². The van der Waals surface area contributed by atoms with Gasteiger partial charge in [-0.2, -0.15) is 4.39 Å². The Kier molecular flexibility index (Phi) is 5.28. The Labute approximate surface area is 99.0 Å². The second-order valence-electron chi connectivity index (χ2n) is 2.69. The first-order valence-corrected chi connectivity index (χ1v) is 7.35. The summed E-state index contributed by atoms with van der Waals surface area (Å²) in [4.78, 5) is 3.45. The van der Waals surface area contributed by atoms with Crippen LogP contribution in [-0.4, -0.2) is 18.2 Å². The lowest BCUT2D eigenvalue weighted by molar-refractivity contribution is 0.217. The molecule has 0 saturated heterocycles. The molecule has 0 N–H and O–H groups in total. The highest BCUT2D eigenvalue weighted by molar-refractivity contribution is 8.07. The lowest BCUT2D eigenvalue weighted by Gasteiger charge is -2.20. The molecule has 0 fully saturated rings. The average Bonchev–Trinajstić information content (AvgIpc) is 2.22. The van der Waals surface area contributed by atoms with Crippen molar-refractivity contribution in [1.82, 2.24) is 4.98 Å². The number of nitrogens with zero attached hydrogens (tertiary/aromatic N) is 1. The average molecular weight is 265 g/mol. The number of hydrogen-bond donors (Lipinski definition) is 0. The van der Waals surface area contributed by atoms with Crippen molar-refractivity contribution in [1.29, 1.82) is 0 Å². The van der Waals surface area contributed by atoms with Gasteiger partial charge in [-0.15, -0.1) is 0 Å². The van der Waals surface area contributed by atoms with Crippen LogP contribution in [0, 0.1) is 5.95 Å². The first kappa shape index (κ1) is 13.5. The highest BCUT2D eigenvalue weighted by Gasteiger charge is 2.21. The van der Waals surface area contributed by atoms with E-state index in [0.717, 1.165) is 0 Å². The Bertz CT molecular complexity index is 364. The zero-order chi connectivity index (χ0) is 12.0. The third-order valence-electron chi connectivity index (χ3n) is 1.49. The molecule has 4 nitrogen and oxygen atoms in total. The molecule has 0 aliphatic carbocycles. The molecule has 0 aliphatic heterocycles. The van der Waals surface area contributed by atoms with Gasteiger partial charge in [-0.3, -0.25) is 9.05 Å². The monoisotopic (exact) mass is 265 g/mol. The molecule has 0 unspecified atom stereocenters. The summed E-state index contributed by atoms with van der Waals surface area (Å²) in [6.07, 6.45) is 1.24. The molecule has 0 amide bonds. The van der Waals surface area contributed by atoms with Crippen LogP contribution in [0.25, 0.3) is 0 Å². The molecule has 0 atom stereocenters. The third kappa shape index (κ3) is 4.14. The Morgan fingerprint density at radius 3 is 2.38 bits per heavy atom. The van der Waals surface area contributed by atoms with Crippen molar-refractivity contribution in [2.45, 2.75) is 13.8 Å². The fourth-order valence-corrected chi connectivity index (χ4v) is 3.02. The van der Waals surface area contributed by atoms with E-state index in [-0.39, 0.29) is 0 Å². The van der Waals surface area contributed by atoms with Gasteiger partial charge in [-0.1, -0.05) is 0 Å². The van der Waals surface area contributed by atoms with Crippen molar-refractivity contribution >= 4 is 18.5 Å². The molecule has 1 heterocycles. The van der Waals surface area contributed by atoms with Crippen LogP contribution in [0.15, 0.2) is 18.3 Å². The first-order valence-electron chi connectivity index (χ1n) is 4.80. The molecule has 1 aromatic rings. The van der Waals surface area contributed by atoms with Gasteiger partial charge in [-0.05, 0) is 26.0 Å². The molecule has 1 rings (SSSR count).